The molecule has 1 amide bonds. The van der Waals surface area contributed by atoms with Crippen LogP contribution >= 0.6 is 0 Å². The second kappa shape index (κ2) is 6.17. The first-order valence-corrected chi connectivity index (χ1v) is 6.80. The maximum Gasteiger partial charge on any atom is 0.223 e. The lowest BCUT2D eigenvalue weighted by Crippen LogP contribution is -2.37. The number of aliphatic hydroxyl groups excluding tert-OH is 1. The average Bonchev–Trinajstić information content (AvgIpc) is 2.83. The van der Waals surface area contributed by atoms with Gasteiger partial charge in [0.15, 0.2) is 0 Å². The molecule has 0 spiro atoms. The van der Waals surface area contributed by atoms with Crippen LogP contribution in [0.25, 0.3) is 0 Å². The van der Waals surface area contributed by atoms with Crippen molar-refractivity contribution in [2.24, 2.45) is 0 Å². The summed E-state index contributed by atoms with van der Waals surface area (Å²) in [6.45, 7) is -0.145. The van der Waals surface area contributed by atoms with Crippen LogP contribution in [0, 0.1) is 0 Å². The number of nitrogens with one attached hydrogen (secondary N) is 1. The Kier molecular flexibility index (Phi) is 4.56. The number of carbonyl (C=O) groups is 1. The smallest absolute Gasteiger partial charge is 0.223 e. The standard InChI is InChI=1S/C15H21NO3/c17-11-13(12-6-2-1-3-7-12)16-14(18)10-15(19)8-4-5-9-15/h1-3,6-7,13,17,19H,4-5,8-11H2,(H,16,18). The zero-order valence-corrected chi connectivity index (χ0v) is 11.0. The number of carbonyl (C=O) groups excluding carboxylic acids is 1. The van der Waals surface area contributed by atoms with Gasteiger partial charge in [0.2, 0.25) is 5.91 Å². The fraction of sp³-hybridized carbons (Fsp3) is 0.533. The molecule has 104 valence electrons. The lowest BCUT2D eigenvalue weighted by Gasteiger charge is -2.23. The Morgan fingerprint density at radius 3 is 2.47 bits per heavy atom. The molecule has 1 aliphatic carbocycles. The van der Waals surface area contributed by atoms with Crippen molar-refractivity contribution < 1.29 is 15.0 Å². The molecule has 1 unspecified atom stereocenters. The fourth-order valence-corrected chi connectivity index (χ4v) is 2.67. The lowest BCUT2D eigenvalue weighted by atomic mass is 9.97. The van der Waals surface area contributed by atoms with Gasteiger partial charge in [-0.25, -0.2) is 0 Å². The van der Waals surface area contributed by atoms with Crippen LogP contribution in [0.4, 0.5) is 0 Å². The predicted octanol–water partition coefficient (Wildman–Crippen LogP) is 1.53. The van der Waals surface area contributed by atoms with E-state index < -0.39 is 11.6 Å². The Bertz CT molecular complexity index is 413. The Balaban J connectivity index is 1.93. The Labute approximate surface area is 113 Å². The first-order chi connectivity index (χ1) is 9.13. The van der Waals surface area contributed by atoms with E-state index >= 15 is 0 Å². The highest BCUT2D eigenvalue weighted by Gasteiger charge is 2.33. The molecule has 3 N–H and O–H groups in total. The molecule has 0 aromatic heterocycles. The maximum atomic E-state index is 12.0. The number of hydrogen-bond donors (Lipinski definition) is 3. The second-order valence-corrected chi connectivity index (χ2v) is 5.32. The van der Waals surface area contributed by atoms with Crippen molar-refractivity contribution in [2.75, 3.05) is 6.61 Å². The van der Waals surface area contributed by atoms with Crippen molar-refractivity contribution in [3.05, 3.63) is 35.9 Å². The highest BCUT2D eigenvalue weighted by molar-refractivity contribution is 5.77. The zero-order chi connectivity index (χ0) is 13.7. The van der Waals surface area contributed by atoms with E-state index in [1.54, 1.807) is 0 Å². The van der Waals surface area contributed by atoms with E-state index in [1.165, 1.54) is 0 Å². The summed E-state index contributed by atoms with van der Waals surface area (Å²) >= 11 is 0. The molecule has 0 saturated heterocycles. The first-order valence-electron chi connectivity index (χ1n) is 6.80. The van der Waals surface area contributed by atoms with E-state index in [0.29, 0.717) is 12.8 Å². The van der Waals surface area contributed by atoms with Crippen molar-refractivity contribution in [1.82, 2.24) is 5.32 Å². The van der Waals surface area contributed by atoms with E-state index in [9.17, 15) is 15.0 Å². The zero-order valence-electron chi connectivity index (χ0n) is 11.0. The average molecular weight is 263 g/mol. The maximum absolute atomic E-state index is 12.0. The minimum atomic E-state index is -0.846. The van der Waals surface area contributed by atoms with E-state index in [4.69, 9.17) is 0 Å². The number of benzene rings is 1. The van der Waals surface area contributed by atoms with Crippen LogP contribution in [0.2, 0.25) is 0 Å². The summed E-state index contributed by atoms with van der Waals surface area (Å²) < 4.78 is 0. The van der Waals surface area contributed by atoms with Gasteiger partial charge in [-0.05, 0) is 18.4 Å². The molecule has 1 atom stereocenters. The molecule has 0 radical (unpaired) electrons. The molecule has 4 heteroatoms. The van der Waals surface area contributed by atoms with Crippen molar-refractivity contribution in [3.63, 3.8) is 0 Å². The molecule has 1 aromatic carbocycles. The summed E-state index contributed by atoms with van der Waals surface area (Å²) in [5.41, 5.74) is 0.0256. The SMILES string of the molecule is O=C(CC1(O)CCCC1)NC(CO)c1ccccc1. The molecule has 1 aromatic rings. The first kappa shape index (κ1) is 14.0. The molecule has 0 bridgehead atoms. The normalized spacial score (nSPS) is 19.1. The van der Waals surface area contributed by atoms with Crippen LogP contribution in [0.3, 0.4) is 0 Å². The van der Waals surface area contributed by atoms with Crippen LogP contribution in [0.1, 0.15) is 43.7 Å². The molecule has 4 nitrogen and oxygen atoms in total. The van der Waals surface area contributed by atoms with Gasteiger partial charge in [-0.3, -0.25) is 4.79 Å². The minimum Gasteiger partial charge on any atom is -0.394 e. The third-order valence-electron chi connectivity index (χ3n) is 3.74. The molecule has 1 saturated carbocycles. The Morgan fingerprint density at radius 2 is 1.89 bits per heavy atom. The van der Waals surface area contributed by atoms with Crippen molar-refractivity contribution in [2.45, 2.75) is 43.7 Å². The van der Waals surface area contributed by atoms with Gasteiger partial charge < -0.3 is 15.5 Å². The topological polar surface area (TPSA) is 69.6 Å². The van der Waals surface area contributed by atoms with Crippen LogP contribution in [0.5, 0.6) is 0 Å². The summed E-state index contributed by atoms with van der Waals surface area (Å²) in [5, 5.41) is 22.4. The monoisotopic (exact) mass is 263 g/mol. The predicted molar refractivity (Wildman–Crippen MR) is 72.4 cm³/mol. The third-order valence-corrected chi connectivity index (χ3v) is 3.74. The summed E-state index contributed by atoms with van der Waals surface area (Å²) in [4.78, 5) is 12.0. The lowest BCUT2D eigenvalue weighted by molar-refractivity contribution is -0.127. The summed E-state index contributed by atoms with van der Waals surface area (Å²) in [7, 11) is 0. The van der Waals surface area contributed by atoms with Gasteiger partial charge in [0.05, 0.1) is 24.7 Å². The van der Waals surface area contributed by atoms with Gasteiger partial charge in [0.25, 0.3) is 0 Å². The van der Waals surface area contributed by atoms with E-state index in [-0.39, 0.29) is 18.9 Å². The number of hydrogen-bond acceptors (Lipinski definition) is 3. The third kappa shape index (κ3) is 3.78. The molecular weight excluding hydrogens is 242 g/mol. The highest BCUT2D eigenvalue weighted by atomic mass is 16.3. The van der Waals surface area contributed by atoms with Crippen LogP contribution < -0.4 is 5.32 Å². The Morgan fingerprint density at radius 1 is 1.26 bits per heavy atom. The number of aliphatic hydroxyl groups is 2. The van der Waals surface area contributed by atoms with E-state index in [1.807, 2.05) is 30.3 Å². The summed E-state index contributed by atoms with van der Waals surface area (Å²) in [6.07, 6.45) is 3.46. The van der Waals surface area contributed by atoms with Crippen molar-refractivity contribution in [3.8, 4) is 0 Å². The molecular formula is C15H21NO3. The minimum absolute atomic E-state index is 0.121. The molecule has 0 heterocycles. The summed E-state index contributed by atoms with van der Waals surface area (Å²) in [5.74, 6) is -0.202. The largest absolute Gasteiger partial charge is 0.394 e. The molecule has 1 fully saturated rings. The van der Waals surface area contributed by atoms with Crippen molar-refractivity contribution >= 4 is 5.91 Å². The molecule has 1 aliphatic rings. The second-order valence-electron chi connectivity index (χ2n) is 5.32. The van der Waals surface area contributed by atoms with Gasteiger partial charge in [0.1, 0.15) is 0 Å². The van der Waals surface area contributed by atoms with E-state index in [0.717, 1.165) is 18.4 Å². The van der Waals surface area contributed by atoms with Crippen LogP contribution in [-0.2, 0) is 4.79 Å². The van der Waals surface area contributed by atoms with Crippen LogP contribution in [0.15, 0.2) is 30.3 Å². The van der Waals surface area contributed by atoms with Crippen LogP contribution in [-0.4, -0.2) is 28.3 Å². The van der Waals surface area contributed by atoms with Gasteiger partial charge in [-0.15, -0.1) is 0 Å². The molecule has 19 heavy (non-hydrogen) atoms. The summed E-state index contributed by atoms with van der Waals surface area (Å²) in [6, 6.07) is 8.96. The number of amides is 1. The quantitative estimate of drug-likeness (QED) is 0.754. The Hall–Kier alpha value is -1.39. The van der Waals surface area contributed by atoms with Gasteiger partial charge in [-0.2, -0.15) is 0 Å². The molecule has 2 rings (SSSR count). The number of rotatable bonds is 5. The van der Waals surface area contributed by atoms with Gasteiger partial charge in [-0.1, -0.05) is 43.2 Å². The van der Waals surface area contributed by atoms with Crippen molar-refractivity contribution in [1.29, 1.82) is 0 Å². The van der Waals surface area contributed by atoms with Gasteiger partial charge >= 0.3 is 0 Å². The fourth-order valence-electron chi connectivity index (χ4n) is 2.67. The highest BCUT2D eigenvalue weighted by Crippen LogP contribution is 2.32. The van der Waals surface area contributed by atoms with Gasteiger partial charge in [0, 0.05) is 0 Å². The van der Waals surface area contributed by atoms with E-state index in [2.05, 4.69) is 5.32 Å². The molecule has 0 aliphatic heterocycles.